The molecule has 1 aromatic rings. The van der Waals surface area contributed by atoms with Gasteiger partial charge >= 0.3 is 0 Å². The molecule has 2 heteroatoms. The van der Waals surface area contributed by atoms with E-state index in [1.165, 1.54) is 12.8 Å². The Bertz CT molecular complexity index is 350. The summed E-state index contributed by atoms with van der Waals surface area (Å²) in [4.78, 5) is 11.8. The van der Waals surface area contributed by atoms with Gasteiger partial charge in [-0.1, -0.05) is 6.92 Å². The average Bonchev–Trinajstić information content (AvgIpc) is 3.11. The first-order valence-electron chi connectivity index (χ1n) is 6.05. The van der Waals surface area contributed by atoms with Crippen molar-refractivity contribution in [3.63, 3.8) is 0 Å². The Morgan fingerprint density at radius 3 is 2.56 bits per heavy atom. The maximum absolute atomic E-state index is 11.8. The van der Waals surface area contributed by atoms with Gasteiger partial charge in [0.2, 0.25) is 0 Å². The zero-order chi connectivity index (χ0) is 11.4. The molecule has 1 aliphatic carbocycles. The highest BCUT2D eigenvalue weighted by Crippen LogP contribution is 2.33. The highest BCUT2D eigenvalue weighted by atomic mass is 16.5. The van der Waals surface area contributed by atoms with Gasteiger partial charge in [0.15, 0.2) is 5.78 Å². The summed E-state index contributed by atoms with van der Waals surface area (Å²) in [6.45, 7) is 2.81. The number of hydrogen-bond acceptors (Lipinski definition) is 2. The van der Waals surface area contributed by atoms with E-state index in [9.17, 15) is 4.79 Å². The van der Waals surface area contributed by atoms with Gasteiger partial charge < -0.3 is 4.74 Å². The number of rotatable bonds is 6. The molecule has 1 aromatic carbocycles. The Kier molecular flexibility index (Phi) is 3.60. The van der Waals surface area contributed by atoms with E-state index in [0.717, 1.165) is 30.8 Å². The topological polar surface area (TPSA) is 26.3 Å². The first-order chi connectivity index (χ1) is 7.79. The van der Waals surface area contributed by atoms with Crippen LogP contribution in [-0.4, -0.2) is 12.4 Å². The monoisotopic (exact) mass is 218 g/mol. The normalized spacial score (nSPS) is 14.8. The molecule has 2 rings (SSSR count). The molecule has 0 saturated heterocycles. The second kappa shape index (κ2) is 5.15. The van der Waals surface area contributed by atoms with E-state index in [4.69, 9.17) is 4.74 Å². The summed E-state index contributed by atoms with van der Waals surface area (Å²) in [5.74, 6) is 1.78. The van der Waals surface area contributed by atoms with E-state index in [-0.39, 0.29) is 5.78 Å². The van der Waals surface area contributed by atoms with Gasteiger partial charge in [0.25, 0.3) is 0 Å². The lowest BCUT2D eigenvalue weighted by Crippen LogP contribution is -2.00. The molecule has 0 atom stereocenters. The molecule has 2 nitrogen and oxygen atoms in total. The molecule has 86 valence electrons. The number of hydrogen-bond donors (Lipinski definition) is 0. The smallest absolute Gasteiger partial charge is 0.163 e. The van der Waals surface area contributed by atoms with E-state index < -0.39 is 0 Å². The largest absolute Gasteiger partial charge is 0.494 e. The Labute approximate surface area is 96.6 Å². The first kappa shape index (κ1) is 11.2. The SMILES string of the molecule is CCCOc1ccc(C(=O)CC2CC2)cc1. The zero-order valence-electron chi connectivity index (χ0n) is 9.74. The van der Waals surface area contributed by atoms with E-state index in [0.29, 0.717) is 5.92 Å². The predicted molar refractivity (Wildman–Crippen MR) is 63.9 cm³/mol. The van der Waals surface area contributed by atoms with Crippen molar-refractivity contribution in [2.75, 3.05) is 6.61 Å². The van der Waals surface area contributed by atoms with Gasteiger partial charge in [-0.2, -0.15) is 0 Å². The Morgan fingerprint density at radius 2 is 2.00 bits per heavy atom. The van der Waals surface area contributed by atoms with Crippen LogP contribution in [0.15, 0.2) is 24.3 Å². The molecule has 1 saturated carbocycles. The molecule has 1 aliphatic rings. The van der Waals surface area contributed by atoms with Crippen molar-refractivity contribution in [2.45, 2.75) is 32.6 Å². The molecule has 0 spiro atoms. The van der Waals surface area contributed by atoms with Crippen LogP contribution >= 0.6 is 0 Å². The molecular formula is C14H18O2. The lowest BCUT2D eigenvalue weighted by atomic mass is 10.1. The fraction of sp³-hybridized carbons (Fsp3) is 0.500. The number of ketones is 1. The van der Waals surface area contributed by atoms with Crippen LogP contribution in [0.1, 0.15) is 43.0 Å². The highest BCUT2D eigenvalue weighted by Gasteiger charge is 2.24. The minimum absolute atomic E-state index is 0.268. The van der Waals surface area contributed by atoms with Crippen molar-refractivity contribution in [2.24, 2.45) is 5.92 Å². The van der Waals surface area contributed by atoms with Crippen molar-refractivity contribution >= 4 is 5.78 Å². The van der Waals surface area contributed by atoms with Crippen LogP contribution in [-0.2, 0) is 0 Å². The molecule has 16 heavy (non-hydrogen) atoms. The number of ether oxygens (including phenoxy) is 1. The number of benzene rings is 1. The van der Waals surface area contributed by atoms with Crippen molar-refractivity contribution in [1.82, 2.24) is 0 Å². The van der Waals surface area contributed by atoms with Gasteiger partial charge in [-0.3, -0.25) is 4.79 Å². The van der Waals surface area contributed by atoms with Gasteiger partial charge in [-0.05, 0) is 49.4 Å². The molecule has 0 aliphatic heterocycles. The molecule has 0 bridgehead atoms. The molecule has 1 fully saturated rings. The maximum Gasteiger partial charge on any atom is 0.163 e. The summed E-state index contributed by atoms with van der Waals surface area (Å²) >= 11 is 0. The number of carbonyl (C=O) groups excluding carboxylic acids is 1. The number of Topliss-reactive ketones (excluding diaryl/α,β-unsaturated/α-hetero) is 1. The Balaban J connectivity index is 1.92. The van der Waals surface area contributed by atoms with Crippen molar-refractivity contribution in [3.05, 3.63) is 29.8 Å². The van der Waals surface area contributed by atoms with Crippen LogP contribution in [0.3, 0.4) is 0 Å². The maximum atomic E-state index is 11.8. The van der Waals surface area contributed by atoms with Crippen LogP contribution in [0.25, 0.3) is 0 Å². The van der Waals surface area contributed by atoms with Crippen LogP contribution in [0.2, 0.25) is 0 Å². The van der Waals surface area contributed by atoms with E-state index >= 15 is 0 Å². The fourth-order valence-corrected chi connectivity index (χ4v) is 1.66. The van der Waals surface area contributed by atoms with Crippen LogP contribution in [0, 0.1) is 5.92 Å². The van der Waals surface area contributed by atoms with Gasteiger partial charge in [0.05, 0.1) is 6.61 Å². The lowest BCUT2D eigenvalue weighted by molar-refractivity contribution is 0.0976. The molecule has 0 aromatic heterocycles. The molecule has 0 radical (unpaired) electrons. The van der Waals surface area contributed by atoms with Crippen LogP contribution < -0.4 is 4.74 Å². The lowest BCUT2D eigenvalue weighted by Gasteiger charge is -2.05. The van der Waals surface area contributed by atoms with Crippen molar-refractivity contribution in [3.8, 4) is 5.75 Å². The van der Waals surface area contributed by atoms with E-state index in [2.05, 4.69) is 6.92 Å². The molecule has 0 unspecified atom stereocenters. The third-order valence-electron chi connectivity index (χ3n) is 2.82. The third kappa shape index (κ3) is 3.09. The fourth-order valence-electron chi connectivity index (χ4n) is 1.66. The second-order valence-corrected chi connectivity index (χ2v) is 4.44. The van der Waals surface area contributed by atoms with Crippen LogP contribution in [0.5, 0.6) is 5.75 Å². The molecular weight excluding hydrogens is 200 g/mol. The summed E-state index contributed by atoms with van der Waals surface area (Å²) in [5.41, 5.74) is 0.816. The highest BCUT2D eigenvalue weighted by molar-refractivity contribution is 5.96. The predicted octanol–water partition coefficient (Wildman–Crippen LogP) is 3.46. The van der Waals surface area contributed by atoms with Crippen LogP contribution in [0.4, 0.5) is 0 Å². The second-order valence-electron chi connectivity index (χ2n) is 4.44. The van der Waals surface area contributed by atoms with Crippen molar-refractivity contribution in [1.29, 1.82) is 0 Å². The minimum Gasteiger partial charge on any atom is -0.494 e. The Morgan fingerprint density at radius 1 is 1.31 bits per heavy atom. The van der Waals surface area contributed by atoms with Gasteiger partial charge in [-0.15, -0.1) is 0 Å². The molecule has 0 heterocycles. The summed E-state index contributed by atoms with van der Waals surface area (Å²) in [6.07, 6.45) is 4.17. The number of carbonyl (C=O) groups is 1. The molecule has 0 amide bonds. The van der Waals surface area contributed by atoms with Gasteiger partial charge in [-0.25, -0.2) is 0 Å². The zero-order valence-corrected chi connectivity index (χ0v) is 9.74. The first-order valence-corrected chi connectivity index (χ1v) is 6.05. The quantitative estimate of drug-likeness (QED) is 0.683. The summed E-state index contributed by atoms with van der Waals surface area (Å²) in [7, 11) is 0. The summed E-state index contributed by atoms with van der Waals surface area (Å²) in [5, 5.41) is 0. The summed E-state index contributed by atoms with van der Waals surface area (Å²) in [6, 6.07) is 7.51. The Hall–Kier alpha value is -1.31. The minimum atomic E-state index is 0.268. The molecule has 0 N–H and O–H groups in total. The average molecular weight is 218 g/mol. The standard InChI is InChI=1S/C14H18O2/c1-2-9-16-13-7-5-12(6-8-13)14(15)10-11-3-4-11/h5-8,11H,2-4,9-10H2,1H3. The van der Waals surface area contributed by atoms with Gasteiger partial charge in [0.1, 0.15) is 5.75 Å². The summed E-state index contributed by atoms with van der Waals surface area (Å²) < 4.78 is 5.47. The van der Waals surface area contributed by atoms with E-state index in [1.807, 2.05) is 24.3 Å². The van der Waals surface area contributed by atoms with Crippen molar-refractivity contribution < 1.29 is 9.53 Å². The van der Waals surface area contributed by atoms with E-state index in [1.54, 1.807) is 0 Å². The third-order valence-corrected chi connectivity index (χ3v) is 2.82. The van der Waals surface area contributed by atoms with Gasteiger partial charge in [0, 0.05) is 12.0 Å².